The molecule has 142 valence electrons. The Morgan fingerprint density at radius 1 is 0.607 bits per heavy atom. The molecule has 0 aliphatic carbocycles. The fourth-order valence-electron chi connectivity index (χ4n) is 3.77. The molecule has 0 atom stereocenters. The van der Waals surface area contributed by atoms with Crippen LogP contribution in [0.1, 0.15) is 11.1 Å². The van der Waals surface area contributed by atoms with Gasteiger partial charge in [0.2, 0.25) is 0 Å². The lowest BCUT2D eigenvalue weighted by molar-refractivity contribution is 0.282. The molecule has 0 saturated carbocycles. The Morgan fingerprint density at radius 3 is 1.39 bits per heavy atom. The minimum atomic E-state index is -0.00116. The first kappa shape index (κ1) is 18.3. The van der Waals surface area contributed by atoms with Crippen LogP contribution in [0.3, 0.4) is 0 Å². The van der Waals surface area contributed by atoms with Crippen LogP contribution < -0.4 is 9.47 Å². The monoisotopic (exact) mass is 374 g/mol. The van der Waals surface area contributed by atoms with Gasteiger partial charge in [-0.25, -0.2) is 0 Å². The molecule has 2 N–H and O–H groups in total. The zero-order valence-corrected chi connectivity index (χ0v) is 15.9. The summed E-state index contributed by atoms with van der Waals surface area (Å²) < 4.78 is 11.4. The third-order valence-corrected chi connectivity index (χ3v) is 5.15. The Hall–Kier alpha value is -3.08. The van der Waals surface area contributed by atoms with E-state index in [9.17, 15) is 10.2 Å². The minimum absolute atomic E-state index is 0.00116. The van der Waals surface area contributed by atoms with Gasteiger partial charge in [0.1, 0.15) is 11.5 Å². The summed E-state index contributed by atoms with van der Waals surface area (Å²) in [5, 5.41) is 23.1. The number of aliphatic hydroxyl groups is 2. The summed E-state index contributed by atoms with van der Waals surface area (Å²) in [5.41, 5.74) is 3.62. The first-order chi connectivity index (χ1) is 13.7. The van der Waals surface area contributed by atoms with Crippen LogP contribution >= 0.6 is 0 Å². The minimum Gasteiger partial charge on any atom is -0.496 e. The fourth-order valence-corrected chi connectivity index (χ4v) is 3.77. The van der Waals surface area contributed by atoms with Gasteiger partial charge in [0.05, 0.1) is 27.4 Å². The molecule has 0 spiro atoms. The molecule has 0 aromatic heterocycles. The highest BCUT2D eigenvalue weighted by atomic mass is 16.5. The van der Waals surface area contributed by atoms with Gasteiger partial charge in [-0.2, -0.15) is 0 Å². The van der Waals surface area contributed by atoms with Crippen molar-refractivity contribution in [2.75, 3.05) is 14.2 Å². The zero-order valence-electron chi connectivity index (χ0n) is 15.9. The van der Waals surface area contributed by atoms with E-state index in [1.807, 2.05) is 60.7 Å². The summed E-state index contributed by atoms with van der Waals surface area (Å²) in [5.74, 6) is 1.50. The second-order valence-electron chi connectivity index (χ2n) is 6.71. The van der Waals surface area contributed by atoms with Crippen molar-refractivity contribution in [3.63, 3.8) is 0 Å². The number of methoxy groups -OCH3 is 2. The standard InChI is InChI=1S/C24H22O4/c1-27-21-9-5-17-11-15(13-25)3-7-19(17)23(21)24-20-8-4-16(14-26)12-18(20)6-10-22(24)28-2/h3-12,25-26H,13-14H2,1-2H3. The second kappa shape index (κ2) is 7.50. The van der Waals surface area contributed by atoms with Crippen molar-refractivity contribution in [1.29, 1.82) is 0 Å². The number of benzene rings is 4. The summed E-state index contributed by atoms with van der Waals surface area (Å²) in [6.07, 6.45) is 0. The normalized spacial score (nSPS) is 11.1. The van der Waals surface area contributed by atoms with Crippen LogP contribution in [0.4, 0.5) is 0 Å². The van der Waals surface area contributed by atoms with Crippen molar-refractivity contribution in [2.24, 2.45) is 0 Å². The van der Waals surface area contributed by atoms with E-state index in [2.05, 4.69) is 0 Å². The number of ether oxygens (including phenoxy) is 2. The molecule has 0 radical (unpaired) electrons. The maximum absolute atomic E-state index is 9.49. The first-order valence-corrected chi connectivity index (χ1v) is 9.11. The second-order valence-corrected chi connectivity index (χ2v) is 6.71. The van der Waals surface area contributed by atoms with Gasteiger partial charge in [0, 0.05) is 11.1 Å². The Kier molecular flexibility index (Phi) is 4.90. The molecule has 4 heteroatoms. The predicted molar refractivity (Wildman–Crippen MR) is 112 cm³/mol. The Bertz CT molecular complexity index is 1070. The quantitative estimate of drug-likeness (QED) is 0.533. The van der Waals surface area contributed by atoms with Crippen molar-refractivity contribution in [3.8, 4) is 22.6 Å². The number of rotatable bonds is 5. The van der Waals surface area contributed by atoms with Crippen LogP contribution in [0.15, 0.2) is 60.7 Å². The van der Waals surface area contributed by atoms with Crippen molar-refractivity contribution in [2.45, 2.75) is 13.2 Å². The molecule has 4 rings (SSSR count). The zero-order chi connectivity index (χ0) is 19.7. The average molecular weight is 374 g/mol. The van der Waals surface area contributed by atoms with Crippen LogP contribution in [0, 0.1) is 0 Å². The van der Waals surface area contributed by atoms with E-state index < -0.39 is 0 Å². The van der Waals surface area contributed by atoms with Crippen LogP contribution in [0.5, 0.6) is 11.5 Å². The lowest BCUT2D eigenvalue weighted by atomic mass is 9.91. The average Bonchev–Trinajstić information content (AvgIpc) is 2.76. The molecule has 0 heterocycles. The highest BCUT2D eigenvalue weighted by molar-refractivity contribution is 6.10. The first-order valence-electron chi connectivity index (χ1n) is 9.11. The Morgan fingerprint density at radius 2 is 1.04 bits per heavy atom. The van der Waals surface area contributed by atoms with E-state index in [4.69, 9.17) is 9.47 Å². The van der Waals surface area contributed by atoms with E-state index in [0.717, 1.165) is 55.3 Å². The van der Waals surface area contributed by atoms with Gasteiger partial charge in [0.15, 0.2) is 0 Å². The van der Waals surface area contributed by atoms with E-state index in [0.29, 0.717) is 0 Å². The van der Waals surface area contributed by atoms with Gasteiger partial charge in [-0.1, -0.05) is 36.4 Å². The molecular formula is C24H22O4. The molecule has 0 bridgehead atoms. The van der Waals surface area contributed by atoms with Crippen LogP contribution in [0.2, 0.25) is 0 Å². The fraction of sp³-hybridized carbons (Fsp3) is 0.167. The number of fused-ring (bicyclic) bond motifs is 2. The summed E-state index contributed by atoms with van der Waals surface area (Å²) in [6, 6.07) is 19.7. The Balaban J connectivity index is 2.13. The molecule has 28 heavy (non-hydrogen) atoms. The van der Waals surface area contributed by atoms with Gasteiger partial charge >= 0.3 is 0 Å². The molecule has 4 aromatic rings. The predicted octanol–water partition coefficient (Wildman–Crippen LogP) is 4.66. The molecule has 0 aliphatic heterocycles. The largest absolute Gasteiger partial charge is 0.496 e. The van der Waals surface area contributed by atoms with E-state index in [1.165, 1.54) is 0 Å². The summed E-state index contributed by atoms with van der Waals surface area (Å²) in [6.45, 7) is -0.00233. The third kappa shape index (κ3) is 2.97. The molecule has 0 amide bonds. The molecule has 0 aliphatic rings. The molecule has 0 saturated heterocycles. The van der Waals surface area contributed by atoms with E-state index in [-0.39, 0.29) is 13.2 Å². The topological polar surface area (TPSA) is 58.9 Å². The van der Waals surface area contributed by atoms with Crippen molar-refractivity contribution < 1.29 is 19.7 Å². The summed E-state index contributed by atoms with van der Waals surface area (Å²) in [7, 11) is 3.32. The van der Waals surface area contributed by atoms with Crippen LogP contribution in [-0.4, -0.2) is 24.4 Å². The van der Waals surface area contributed by atoms with E-state index >= 15 is 0 Å². The maximum atomic E-state index is 9.49. The number of hydrogen-bond donors (Lipinski definition) is 2. The maximum Gasteiger partial charge on any atom is 0.127 e. The number of hydrogen-bond acceptors (Lipinski definition) is 4. The molecular weight excluding hydrogens is 352 g/mol. The smallest absolute Gasteiger partial charge is 0.127 e. The molecule has 0 fully saturated rings. The van der Waals surface area contributed by atoms with Gasteiger partial charge in [-0.3, -0.25) is 0 Å². The van der Waals surface area contributed by atoms with Crippen LogP contribution in [-0.2, 0) is 13.2 Å². The third-order valence-electron chi connectivity index (χ3n) is 5.15. The summed E-state index contributed by atoms with van der Waals surface area (Å²) >= 11 is 0. The highest BCUT2D eigenvalue weighted by Gasteiger charge is 2.18. The molecule has 4 nitrogen and oxygen atoms in total. The van der Waals surface area contributed by atoms with Gasteiger partial charge in [-0.05, 0) is 56.9 Å². The van der Waals surface area contributed by atoms with E-state index in [1.54, 1.807) is 14.2 Å². The van der Waals surface area contributed by atoms with Gasteiger partial charge in [-0.15, -0.1) is 0 Å². The van der Waals surface area contributed by atoms with Crippen molar-refractivity contribution in [3.05, 3.63) is 71.8 Å². The van der Waals surface area contributed by atoms with Crippen molar-refractivity contribution >= 4 is 21.5 Å². The number of aliphatic hydroxyl groups excluding tert-OH is 2. The highest BCUT2D eigenvalue weighted by Crippen LogP contribution is 2.45. The Labute approximate surface area is 163 Å². The lowest BCUT2D eigenvalue weighted by Crippen LogP contribution is -1.95. The SMILES string of the molecule is COc1ccc2cc(CO)ccc2c1-c1c(OC)ccc2cc(CO)ccc12. The van der Waals surface area contributed by atoms with Gasteiger partial charge < -0.3 is 19.7 Å². The van der Waals surface area contributed by atoms with Crippen LogP contribution in [0.25, 0.3) is 32.7 Å². The molecule has 0 unspecified atom stereocenters. The molecule has 4 aromatic carbocycles. The van der Waals surface area contributed by atoms with Crippen molar-refractivity contribution in [1.82, 2.24) is 0 Å². The lowest BCUT2D eigenvalue weighted by Gasteiger charge is -2.18. The summed E-state index contributed by atoms with van der Waals surface area (Å²) in [4.78, 5) is 0. The van der Waals surface area contributed by atoms with Gasteiger partial charge in [0.25, 0.3) is 0 Å².